The zero-order chi connectivity index (χ0) is 25.4. The molecule has 0 saturated heterocycles. The predicted molar refractivity (Wildman–Crippen MR) is 115 cm³/mol. The summed E-state index contributed by atoms with van der Waals surface area (Å²) in [6.45, 7) is -0.654. The zero-order valence-electron chi connectivity index (χ0n) is 18.2. The number of para-hydroxylation sites is 1. The summed E-state index contributed by atoms with van der Waals surface area (Å²) < 4.78 is 81.6. The molecule has 4 rings (SSSR count). The lowest BCUT2D eigenvalue weighted by atomic mass is 10.0. The summed E-state index contributed by atoms with van der Waals surface area (Å²) in [7, 11) is 1.66. The maximum atomic E-state index is 13.4. The average molecular weight is 492 g/mol. The molecule has 2 heterocycles. The molecular weight excluding hydrogens is 474 g/mol. The van der Waals surface area contributed by atoms with Crippen molar-refractivity contribution >= 4 is 16.8 Å². The number of halogens is 6. The normalized spacial score (nSPS) is 12.2. The topological polar surface area (TPSA) is 51.0 Å². The molecule has 0 fully saturated rings. The standard InChI is InChI=1S/C24H18F6N4O/c1-33-7-6-31-21(33)14-34(22(35)17-10-16-4-2-3-5-20(16)32-12-17)13-15-8-18(23(25,26)27)11-19(9-15)24(28,29)30/h2-12H,13-14H2,1H3. The summed E-state index contributed by atoms with van der Waals surface area (Å²) in [6, 6.07) is 9.88. The lowest BCUT2D eigenvalue weighted by Gasteiger charge is -2.24. The first-order valence-corrected chi connectivity index (χ1v) is 10.3. The first kappa shape index (κ1) is 24.2. The van der Waals surface area contributed by atoms with Gasteiger partial charge in [-0.05, 0) is 35.9 Å². The van der Waals surface area contributed by atoms with E-state index in [-0.39, 0.29) is 23.7 Å². The van der Waals surface area contributed by atoms with Crippen molar-refractivity contribution in [3.05, 3.63) is 95.2 Å². The van der Waals surface area contributed by atoms with Gasteiger partial charge >= 0.3 is 12.4 Å². The monoisotopic (exact) mass is 492 g/mol. The molecule has 0 radical (unpaired) electrons. The Hall–Kier alpha value is -3.89. The van der Waals surface area contributed by atoms with Crippen molar-refractivity contribution in [3.8, 4) is 0 Å². The number of rotatable bonds is 5. The first-order valence-electron chi connectivity index (χ1n) is 10.3. The van der Waals surface area contributed by atoms with Gasteiger partial charge < -0.3 is 9.47 Å². The fourth-order valence-electron chi connectivity index (χ4n) is 3.62. The van der Waals surface area contributed by atoms with Crippen molar-refractivity contribution in [2.24, 2.45) is 7.05 Å². The molecule has 2 aromatic carbocycles. The first-order chi connectivity index (χ1) is 16.4. The number of alkyl halides is 6. The van der Waals surface area contributed by atoms with E-state index in [1.54, 1.807) is 48.1 Å². The molecule has 5 nitrogen and oxygen atoms in total. The van der Waals surface area contributed by atoms with Crippen LogP contribution >= 0.6 is 0 Å². The van der Waals surface area contributed by atoms with E-state index in [0.29, 0.717) is 28.9 Å². The molecule has 0 bridgehead atoms. The number of carbonyl (C=O) groups is 1. The van der Waals surface area contributed by atoms with Gasteiger partial charge in [-0.15, -0.1) is 0 Å². The van der Waals surface area contributed by atoms with Crippen molar-refractivity contribution in [1.29, 1.82) is 0 Å². The number of hydrogen-bond donors (Lipinski definition) is 0. The molecule has 0 saturated carbocycles. The summed E-state index contributed by atoms with van der Waals surface area (Å²) in [6.07, 6.45) is -5.58. The SMILES string of the molecule is Cn1ccnc1CN(Cc1cc(C(F)(F)F)cc(C(F)(F)F)c1)C(=O)c1cnc2ccccc2c1. The minimum atomic E-state index is -4.99. The van der Waals surface area contributed by atoms with Crippen molar-refractivity contribution in [2.75, 3.05) is 0 Å². The van der Waals surface area contributed by atoms with E-state index in [2.05, 4.69) is 9.97 Å². The molecule has 0 aliphatic carbocycles. The van der Waals surface area contributed by atoms with Crippen LogP contribution in [0.3, 0.4) is 0 Å². The van der Waals surface area contributed by atoms with Crippen LogP contribution in [0.1, 0.15) is 32.9 Å². The Morgan fingerprint density at radius 1 is 0.914 bits per heavy atom. The number of pyridine rings is 1. The Bertz CT molecular complexity index is 1340. The highest BCUT2D eigenvalue weighted by atomic mass is 19.4. The second-order valence-corrected chi connectivity index (χ2v) is 7.95. The second kappa shape index (κ2) is 9.05. The van der Waals surface area contributed by atoms with Crippen LogP contribution in [0.2, 0.25) is 0 Å². The highest BCUT2D eigenvalue weighted by Gasteiger charge is 2.37. The highest BCUT2D eigenvalue weighted by Crippen LogP contribution is 2.36. The van der Waals surface area contributed by atoms with Crippen LogP contribution in [0.25, 0.3) is 10.9 Å². The van der Waals surface area contributed by atoms with Gasteiger partial charge in [-0.1, -0.05) is 18.2 Å². The Labute approximate surface area is 195 Å². The summed E-state index contributed by atoms with van der Waals surface area (Å²) >= 11 is 0. The molecule has 11 heteroatoms. The number of aromatic nitrogens is 3. The molecule has 0 N–H and O–H groups in total. The molecule has 0 aliphatic rings. The smallest absolute Gasteiger partial charge is 0.337 e. The van der Waals surface area contributed by atoms with Crippen LogP contribution in [-0.4, -0.2) is 25.3 Å². The van der Waals surface area contributed by atoms with Crippen LogP contribution in [0, 0.1) is 0 Å². The Kier molecular flexibility index (Phi) is 6.27. The van der Waals surface area contributed by atoms with Crippen LogP contribution in [0.15, 0.2) is 67.1 Å². The molecule has 35 heavy (non-hydrogen) atoms. The number of hydrogen-bond acceptors (Lipinski definition) is 3. The summed E-state index contributed by atoms with van der Waals surface area (Å²) in [5, 5.41) is 0.661. The molecule has 0 aliphatic heterocycles. The van der Waals surface area contributed by atoms with Gasteiger partial charge in [-0.3, -0.25) is 9.78 Å². The fourth-order valence-corrected chi connectivity index (χ4v) is 3.62. The maximum Gasteiger partial charge on any atom is 0.416 e. The molecule has 4 aromatic rings. The van der Waals surface area contributed by atoms with E-state index in [1.807, 2.05) is 0 Å². The number of amides is 1. The van der Waals surface area contributed by atoms with Gasteiger partial charge in [-0.25, -0.2) is 4.98 Å². The van der Waals surface area contributed by atoms with E-state index in [1.165, 1.54) is 12.4 Å². The van der Waals surface area contributed by atoms with Gasteiger partial charge in [0.25, 0.3) is 5.91 Å². The van der Waals surface area contributed by atoms with Gasteiger partial charge in [-0.2, -0.15) is 26.3 Å². The minimum absolute atomic E-state index is 0.0572. The molecule has 0 spiro atoms. The minimum Gasteiger partial charge on any atom is -0.337 e. The lowest BCUT2D eigenvalue weighted by molar-refractivity contribution is -0.143. The molecule has 2 aromatic heterocycles. The number of nitrogens with zero attached hydrogens (tertiary/aromatic N) is 4. The van der Waals surface area contributed by atoms with Gasteiger partial charge in [0.05, 0.1) is 28.8 Å². The third-order valence-corrected chi connectivity index (χ3v) is 5.40. The maximum absolute atomic E-state index is 13.4. The zero-order valence-corrected chi connectivity index (χ0v) is 18.2. The van der Waals surface area contributed by atoms with E-state index in [4.69, 9.17) is 0 Å². The van der Waals surface area contributed by atoms with E-state index < -0.39 is 35.9 Å². The summed E-state index contributed by atoms with van der Waals surface area (Å²) in [5.41, 5.74) is -2.44. The van der Waals surface area contributed by atoms with Gasteiger partial charge in [0.2, 0.25) is 0 Å². The Morgan fingerprint density at radius 3 is 2.17 bits per heavy atom. The third-order valence-electron chi connectivity index (χ3n) is 5.40. The van der Waals surface area contributed by atoms with E-state index in [0.717, 1.165) is 4.90 Å². The molecule has 0 unspecified atom stereocenters. The predicted octanol–water partition coefficient (Wildman–Crippen LogP) is 5.85. The molecular formula is C24H18F6N4O. The van der Waals surface area contributed by atoms with E-state index >= 15 is 0 Å². The average Bonchev–Trinajstić information content (AvgIpc) is 3.20. The van der Waals surface area contributed by atoms with Crippen LogP contribution < -0.4 is 0 Å². The number of fused-ring (bicyclic) bond motifs is 1. The molecule has 182 valence electrons. The molecule has 0 atom stereocenters. The van der Waals surface area contributed by atoms with E-state index in [9.17, 15) is 31.1 Å². The number of imidazole rings is 1. The fraction of sp³-hybridized carbons (Fsp3) is 0.208. The Balaban J connectivity index is 1.75. The summed E-state index contributed by atoms with van der Waals surface area (Å²) in [4.78, 5) is 22.9. The van der Waals surface area contributed by atoms with Crippen molar-refractivity contribution in [1.82, 2.24) is 19.4 Å². The lowest BCUT2D eigenvalue weighted by Crippen LogP contribution is -2.31. The van der Waals surface area contributed by atoms with Crippen molar-refractivity contribution in [2.45, 2.75) is 25.4 Å². The number of aryl methyl sites for hydroxylation is 1. The number of carbonyl (C=O) groups excluding carboxylic acids is 1. The van der Waals surface area contributed by atoms with Crippen LogP contribution in [-0.2, 0) is 32.5 Å². The van der Waals surface area contributed by atoms with Crippen LogP contribution in [0.5, 0.6) is 0 Å². The van der Waals surface area contributed by atoms with Crippen LogP contribution in [0.4, 0.5) is 26.3 Å². The van der Waals surface area contributed by atoms with Gasteiger partial charge in [0, 0.05) is 37.6 Å². The number of benzene rings is 2. The van der Waals surface area contributed by atoms with Gasteiger partial charge in [0.1, 0.15) is 5.82 Å². The van der Waals surface area contributed by atoms with Crippen molar-refractivity contribution in [3.63, 3.8) is 0 Å². The second-order valence-electron chi connectivity index (χ2n) is 7.95. The van der Waals surface area contributed by atoms with Gasteiger partial charge in [0.15, 0.2) is 0 Å². The molecule has 1 amide bonds. The Morgan fingerprint density at radius 2 is 1.57 bits per heavy atom. The third kappa shape index (κ3) is 5.44. The quantitative estimate of drug-likeness (QED) is 0.329. The summed E-state index contributed by atoms with van der Waals surface area (Å²) in [5.74, 6) is -0.215. The highest BCUT2D eigenvalue weighted by molar-refractivity contribution is 5.97. The largest absolute Gasteiger partial charge is 0.416 e. The van der Waals surface area contributed by atoms with Crippen molar-refractivity contribution < 1.29 is 31.1 Å².